The van der Waals surface area contributed by atoms with Crippen LogP contribution in [0.4, 0.5) is 4.39 Å². The number of nitrogens with zero attached hydrogens (tertiary/aromatic N) is 1. The zero-order valence-electron chi connectivity index (χ0n) is 20.7. The number of aryl methyl sites for hydroxylation is 1. The molecule has 6 nitrogen and oxygen atoms in total. The van der Waals surface area contributed by atoms with Gasteiger partial charge in [-0.2, -0.15) is 0 Å². The average Bonchev–Trinajstić information content (AvgIpc) is 3.31. The largest absolute Gasteiger partial charge is 0.508 e. The van der Waals surface area contributed by atoms with Gasteiger partial charge in [-0.1, -0.05) is 30.0 Å². The van der Waals surface area contributed by atoms with E-state index in [9.17, 15) is 14.3 Å². The molecule has 2 aromatic heterocycles. The van der Waals surface area contributed by atoms with Crippen LogP contribution in [0.1, 0.15) is 58.8 Å². The van der Waals surface area contributed by atoms with Crippen LogP contribution in [0.2, 0.25) is 0 Å². The summed E-state index contributed by atoms with van der Waals surface area (Å²) in [6, 6.07) is 15.9. The first kappa shape index (κ1) is 24.5. The van der Waals surface area contributed by atoms with Crippen LogP contribution in [-0.2, 0) is 4.74 Å². The molecule has 37 heavy (non-hydrogen) atoms. The minimum atomic E-state index is -0.837. The number of pyridine rings is 1. The molecule has 1 unspecified atom stereocenters. The van der Waals surface area contributed by atoms with Crippen molar-refractivity contribution in [1.29, 1.82) is 0 Å². The summed E-state index contributed by atoms with van der Waals surface area (Å²) >= 11 is 0. The first-order valence-electron chi connectivity index (χ1n) is 12.3. The molecule has 0 aliphatic carbocycles. The number of carbonyl (C=O) groups is 1. The van der Waals surface area contributed by atoms with Gasteiger partial charge in [0.15, 0.2) is 0 Å². The SMILES string of the molecule is Cc1cc(C#C[C@@H]2CCO[C@H](C)C2)cc(C(=O)NC(c2cc3ccccc3[nH]2)c2cc(F)ccc2O)n1. The zero-order valence-corrected chi connectivity index (χ0v) is 20.7. The Morgan fingerprint density at radius 2 is 2.05 bits per heavy atom. The van der Waals surface area contributed by atoms with E-state index in [0.717, 1.165) is 23.7 Å². The Kier molecular flexibility index (Phi) is 6.93. The number of aromatic amines is 1. The third-order valence-electron chi connectivity index (χ3n) is 6.53. The number of ether oxygens (including phenoxy) is 1. The molecule has 0 spiro atoms. The maximum absolute atomic E-state index is 14.2. The van der Waals surface area contributed by atoms with Gasteiger partial charge in [0.2, 0.25) is 0 Å². The molecule has 5 rings (SSSR count). The molecule has 3 atom stereocenters. The molecule has 0 bridgehead atoms. The van der Waals surface area contributed by atoms with E-state index in [1.807, 2.05) is 50.2 Å². The summed E-state index contributed by atoms with van der Waals surface area (Å²) in [7, 11) is 0. The first-order chi connectivity index (χ1) is 17.9. The number of phenols is 1. The Morgan fingerprint density at radius 1 is 1.22 bits per heavy atom. The van der Waals surface area contributed by atoms with Crippen molar-refractivity contribution >= 4 is 16.8 Å². The maximum atomic E-state index is 14.2. The van der Waals surface area contributed by atoms with Gasteiger partial charge in [-0.15, -0.1) is 0 Å². The normalized spacial score (nSPS) is 18.1. The maximum Gasteiger partial charge on any atom is 0.270 e. The molecule has 0 radical (unpaired) electrons. The summed E-state index contributed by atoms with van der Waals surface area (Å²) in [5, 5.41) is 14.4. The van der Waals surface area contributed by atoms with E-state index >= 15 is 0 Å². The van der Waals surface area contributed by atoms with E-state index in [1.165, 1.54) is 18.2 Å². The molecular formula is C30H28FN3O3. The van der Waals surface area contributed by atoms with E-state index < -0.39 is 17.8 Å². The number of halogens is 1. The van der Waals surface area contributed by atoms with Gasteiger partial charge in [-0.05, 0) is 74.5 Å². The van der Waals surface area contributed by atoms with Crippen molar-refractivity contribution in [1.82, 2.24) is 15.3 Å². The standard InChI is InChI=1S/C30H28FN3O3/c1-18-13-21(8-7-20-11-12-37-19(2)14-20)15-27(32-18)30(36)34-29(24-17-23(31)9-10-28(24)35)26-16-22-5-3-4-6-25(22)33-26/h3-6,9-10,13,15-17,19-20,29,33,35H,11-12,14H2,1-2H3,(H,34,36)/t19-,20-,29?/m1/s1. The van der Waals surface area contributed by atoms with Gasteiger partial charge < -0.3 is 20.1 Å². The molecule has 7 heteroatoms. The first-order valence-corrected chi connectivity index (χ1v) is 12.3. The van der Waals surface area contributed by atoms with Crippen molar-refractivity contribution in [2.24, 2.45) is 5.92 Å². The number of fused-ring (bicyclic) bond motifs is 1. The fourth-order valence-corrected chi connectivity index (χ4v) is 4.71. The highest BCUT2D eigenvalue weighted by atomic mass is 19.1. The molecule has 1 aliphatic heterocycles. The molecule has 0 saturated carbocycles. The smallest absolute Gasteiger partial charge is 0.270 e. The van der Waals surface area contributed by atoms with Crippen LogP contribution < -0.4 is 5.32 Å². The number of phenolic OH excluding ortho intramolecular Hbond substituents is 1. The summed E-state index contributed by atoms with van der Waals surface area (Å²) in [6.45, 7) is 4.56. The highest BCUT2D eigenvalue weighted by molar-refractivity contribution is 5.93. The summed E-state index contributed by atoms with van der Waals surface area (Å²) in [6.07, 6.45) is 1.96. The molecule has 2 aromatic carbocycles. The third kappa shape index (κ3) is 5.65. The van der Waals surface area contributed by atoms with Gasteiger partial charge in [0.1, 0.15) is 17.3 Å². The predicted octanol–water partition coefficient (Wildman–Crippen LogP) is 5.40. The molecule has 1 amide bonds. The summed E-state index contributed by atoms with van der Waals surface area (Å²) in [5.74, 6) is 5.66. The van der Waals surface area contributed by atoms with Gasteiger partial charge in [0.25, 0.3) is 5.91 Å². The van der Waals surface area contributed by atoms with E-state index in [-0.39, 0.29) is 29.0 Å². The number of hydrogen-bond acceptors (Lipinski definition) is 4. The second-order valence-corrected chi connectivity index (χ2v) is 9.48. The summed E-state index contributed by atoms with van der Waals surface area (Å²) in [4.78, 5) is 21.1. The van der Waals surface area contributed by atoms with Crippen LogP contribution in [0, 0.1) is 30.5 Å². The van der Waals surface area contributed by atoms with Gasteiger partial charge >= 0.3 is 0 Å². The molecule has 1 saturated heterocycles. The fraction of sp³-hybridized carbons (Fsp3) is 0.267. The van der Waals surface area contributed by atoms with E-state index in [1.54, 1.807) is 6.07 Å². The number of aromatic hydroxyl groups is 1. The topological polar surface area (TPSA) is 87.2 Å². The highest BCUT2D eigenvalue weighted by Gasteiger charge is 2.24. The number of rotatable bonds is 4. The lowest BCUT2D eigenvalue weighted by Crippen LogP contribution is -2.30. The van der Waals surface area contributed by atoms with Crippen LogP contribution in [-0.4, -0.2) is 33.7 Å². The fourth-order valence-electron chi connectivity index (χ4n) is 4.71. The van der Waals surface area contributed by atoms with Crippen molar-refractivity contribution in [2.45, 2.75) is 38.8 Å². The molecular weight excluding hydrogens is 469 g/mol. The van der Waals surface area contributed by atoms with Crippen LogP contribution in [0.5, 0.6) is 5.75 Å². The molecule has 1 aliphatic rings. The molecule has 4 aromatic rings. The highest BCUT2D eigenvalue weighted by Crippen LogP contribution is 2.32. The summed E-state index contributed by atoms with van der Waals surface area (Å²) < 4.78 is 19.8. The summed E-state index contributed by atoms with van der Waals surface area (Å²) in [5.41, 5.74) is 3.27. The lowest BCUT2D eigenvalue weighted by atomic mass is 9.96. The van der Waals surface area contributed by atoms with E-state index in [2.05, 4.69) is 27.1 Å². The molecule has 3 heterocycles. The Morgan fingerprint density at radius 3 is 2.86 bits per heavy atom. The zero-order chi connectivity index (χ0) is 25.9. The van der Waals surface area contributed by atoms with E-state index in [0.29, 0.717) is 23.6 Å². The second kappa shape index (κ2) is 10.5. The van der Waals surface area contributed by atoms with E-state index in [4.69, 9.17) is 4.74 Å². The molecule has 3 N–H and O–H groups in total. The van der Waals surface area contributed by atoms with Crippen LogP contribution in [0.15, 0.2) is 60.7 Å². The van der Waals surface area contributed by atoms with Gasteiger partial charge in [0, 0.05) is 40.6 Å². The number of hydrogen-bond donors (Lipinski definition) is 3. The third-order valence-corrected chi connectivity index (χ3v) is 6.53. The number of amides is 1. The van der Waals surface area contributed by atoms with Crippen LogP contribution in [0.25, 0.3) is 10.9 Å². The second-order valence-electron chi connectivity index (χ2n) is 9.48. The Balaban J connectivity index is 1.47. The molecule has 188 valence electrons. The quantitative estimate of drug-likeness (QED) is 0.330. The van der Waals surface area contributed by atoms with Crippen molar-refractivity contribution in [3.05, 3.63) is 94.7 Å². The average molecular weight is 498 g/mol. The number of H-pyrrole nitrogens is 1. The van der Waals surface area contributed by atoms with Gasteiger partial charge in [0.05, 0.1) is 12.1 Å². The van der Waals surface area contributed by atoms with Crippen molar-refractivity contribution in [3.8, 4) is 17.6 Å². The van der Waals surface area contributed by atoms with Crippen LogP contribution >= 0.6 is 0 Å². The van der Waals surface area contributed by atoms with Crippen molar-refractivity contribution in [3.63, 3.8) is 0 Å². The lowest BCUT2D eigenvalue weighted by Gasteiger charge is -2.23. The van der Waals surface area contributed by atoms with Gasteiger partial charge in [-0.3, -0.25) is 4.79 Å². The number of benzene rings is 2. The minimum Gasteiger partial charge on any atom is -0.508 e. The Labute approximate surface area is 214 Å². The van der Waals surface area contributed by atoms with Crippen LogP contribution in [0.3, 0.4) is 0 Å². The Hall–Kier alpha value is -4.15. The Bertz CT molecular complexity index is 1480. The molecule has 1 fully saturated rings. The number of aromatic nitrogens is 2. The number of para-hydroxylation sites is 1. The van der Waals surface area contributed by atoms with Crippen molar-refractivity contribution < 1.29 is 19.0 Å². The van der Waals surface area contributed by atoms with Gasteiger partial charge in [-0.25, -0.2) is 9.37 Å². The lowest BCUT2D eigenvalue weighted by molar-refractivity contribution is 0.0144. The minimum absolute atomic E-state index is 0.125. The monoisotopic (exact) mass is 497 g/mol. The predicted molar refractivity (Wildman–Crippen MR) is 140 cm³/mol. The number of carbonyl (C=O) groups excluding carboxylic acids is 1. The number of nitrogens with one attached hydrogen (secondary N) is 2. The van der Waals surface area contributed by atoms with Crippen molar-refractivity contribution in [2.75, 3.05) is 6.61 Å².